The minimum atomic E-state index is -0.898. The van der Waals surface area contributed by atoms with E-state index in [4.69, 9.17) is 5.11 Å². The van der Waals surface area contributed by atoms with Gasteiger partial charge in [0.2, 0.25) is 0 Å². The summed E-state index contributed by atoms with van der Waals surface area (Å²) in [6.45, 7) is 4.47. The first-order valence-electron chi connectivity index (χ1n) is 4.51. The van der Waals surface area contributed by atoms with Gasteiger partial charge in [0.05, 0.1) is 0 Å². The summed E-state index contributed by atoms with van der Waals surface area (Å²) >= 11 is 0. The minimum absolute atomic E-state index is 0.446. The van der Waals surface area contributed by atoms with Crippen LogP contribution < -0.4 is 0 Å². The highest BCUT2D eigenvalue weighted by atomic mass is 16.4. The molecule has 0 saturated heterocycles. The number of carbonyl (C=O) groups is 1. The summed E-state index contributed by atoms with van der Waals surface area (Å²) < 4.78 is 0. The lowest BCUT2D eigenvalue weighted by molar-refractivity contribution is 0.153. The number of amides is 1. The molecule has 0 spiro atoms. The summed E-state index contributed by atoms with van der Waals surface area (Å²) in [6.07, 6.45) is -0.898. The van der Waals surface area contributed by atoms with E-state index >= 15 is 0 Å². The Morgan fingerprint density at radius 3 is 2.57 bits per heavy atom. The smallest absolute Gasteiger partial charge is 0.407 e. The molecule has 3 heteroatoms. The molecule has 1 rings (SSSR count). The second kappa shape index (κ2) is 4.13. The monoisotopic (exact) mass is 193 g/mol. The van der Waals surface area contributed by atoms with Crippen molar-refractivity contribution in [2.24, 2.45) is 0 Å². The molecule has 1 aromatic rings. The molecule has 0 aliphatic heterocycles. The zero-order valence-electron chi connectivity index (χ0n) is 8.74. The predicted molar refractivity (Wildman–Crippen MR) is 55.4 cm³/mol. The van der Waals surface area contributed by atoms with Gasteiger partial charge in [-0.05, 0) is 25.0 Å². The van der Waals surface area contributed by atoms with Crippen molar-refractivity contribution < 1.29 is 9.90 Å². The third kappa shape index (κ3) is 2.49. The van der Waals surface area contributed by atoms with E-state index in [2.05, 4.69) is 6.07 Å². The molecule has 0 fully saturated rings. The molecule has 0 heterocycles. The van der Waals surface area contributed by atoms with Gasteiger partial charge < -0.3 is 10.0 Å². The third-order valence-corrected chi connectivity index (χ3v) is 2.23. The number of aryl methyl sites for hydroxylation is 2. The maximum atomic E-state index is 10.6. The molecule has 0 radical (unpaired) electrons. The molecule has 76 valence electrons. The fraction of sp³-hybridized carbons (Fsp3) is 0.364. The van der Waals surface area contributed by atoms with Gasteiger partial charge in [0.25, 0.3) is 0 Å². The molecular weight excluding hydrogens is 178 g/mol. The Hall–Kier alpha value is -1.51. The number of nitrogens with zero attached hydrogens (tertiary/aromatic N) is 1. The maximum absolute atomic E-state index is 10.6. The van der Waals surface area contributed by atoms with Crippen molar-refractivity contribution in [1.82, 2.24) is 4.90 Å². The zero-order valence-corrected chi connectivity index (χ0v) is 8.74. The van der Waals surface area contributed by atoms with Gasteiger partial charge in [0, 0.05) is 13.6 Å². The molecule has 0 aliphatic rings. The Balaban J connectivity index is 2.82. The minimum Gasteiger partial charge on any atom is -0.465 e. The van der Waals surface area contributed by atoms with Crippen molar-refractivity contribution in [3.8, 4) is 0 Å². The number of hydrogen-bond acceptors (Lipinski definition) is 1. The van der Waals surface area contributed by atoms with Gasteiger partial charge in [-0.25, -0.2) is 4.79 Å². The molecule has 3 nitrogen and oxygen atoms in total. The molecule has 0 bridgehead atoms. The van der Waals surface area contributed by atoms with Crippen LogP contribution in [0.5, 0.6) is 0 Å². The lowest BCUT2D eigenvalue weighted by Gasteiger charge is -2.14. The molecule has 1 N–H and O–H groups in total. The van der Waals surface area contributed by atoms with Crippen LogP contribution in [0.4, 0.5) is 4.79 Å². The topological polar surface area (TPSA) is 40.5 Å². The molecule has 0 aliphatic carbocycles. The van der Waals surface area contributed by atoms with Crippen molar-refractivity contribution in [2.45, 2.75) is 20.4 Å². The van der Waals surface area contributed by atoms with Crippen LogP contribution in [-0.4, -0.2) is 23.1 Å². The molecule has 0 unspecified atom stereocenters. The average Bonchev–Trinajstić information content (AvgIpc) is 2.09. The van der Waals surface area contributed by atoms with E-state index in [1.54, 1.807) is 7.05 Å². The summed E-state index contributed by atoms with van der Waals surface area (Å²) in [7, 11) is 1.57. The molecule has 0 atom stereocenters. The second-order valence-electron chi connectivity index (χ2n) is 3.57. The van der Waals surface area contributed by atoms with Crippen molar-refractivity contribution >= 4 is 6.09 Å². The zero-order chi connectivity index (χ0) is 10.7. The Kier molecular flexibility index (Phi) is 3.12. The molecule has 0 saturated carbocycles. The summed E-state index contributed by atoms with van der Waals surface area (Å²) in [6, 6.07) is 6.03. The van der Waals surface area contributed by atoms with E-state index < -0.39 is 6.09 Å². The van der Waals surface area contributed by atoms with Crippen LogP contribution in [0.3, 0.4) is 0 Å². The predicted octanol–water partition coefficient (Wildman–Crippen LogP) is 2.41. The number of carboxylic acid groups (broad SMARTS) is 1. The number of hydrogen-bond donors (Lipinski definition) is 1. The van der Waals surface area contributed by atoms with Gasteiger partial charge in [0.15, 0.2) is 0 Å². The summed E-state index contributed by atoms with van der Waals surface area (Å²) in [5.41, 5.74) is 3.39. The van der Waals surface area contributed by atoms with Gasteiger partial charge >= 0.3 is 6.09 Å². The van der Waals surface area contributed by atoms with Gasteiger partial charge in [-0.3, -0.25) is 0 Å². The van der Waals surface area contributed by atoms with Crippen LogP contribution in [0.15, 0.2) is 18.2 Å². The van der Waals surface area contributed by atoms with Gasteiger partial charge in [-0.2, -0.15) is 0 Å². The average molecular weight is 193 g/mol. The Bertz CT molecular complexity index is 347. The maximum Gasteiger partial charge on any atom is 0.407 e. The first-order chi connectivity index (χ1) is 6.50. The van der Waals surface area contributed by atoms with E-state index in [1.165, 1.54) is 10.5 Å². The van der Waals surface area contributed by atoms with Crippen LogP contribution >= 0.6 is 0 Å². The normalized spacial score (nSPS) is 9.93. The van der Waals surface area contributed by atoms with Crippen LogP contribution in [-0.2, 0) is 6.54 Å². The summed E-state index contributed by atoms with van der Waals surface area (Å²) in [5, 5.41) is 8.71. The van der Waals surface area contributed by atoms with E-state index in [9.17, 15) is 4.79 Å². The Morgan fingerprint density at radius 2 is 2.07 bits per heavy atom. The lowest BCUT2D eigenvalue weighted by atomic mass is 10.1. The summed E-state index contributed by atoms with van der Waals surface area (Å²) in [4.78, 5) is 11.9. The highest BCUT2D eigenvalue weighted by Gasteiger charge is 2.07. The van der Waals surface area contributed by atoms with Crippen LogP contribution in [0.2, 0.25) is 0 Å². The Labute approximate surface area is 84.0 Å². The third-order valence-electron chi connectivity index (χ3n) is 2.23. The highest BCUT2D eigenvalue weighted by Crippen LogP contribution is 2.12. The first kappa shape index (κ1) is 10.6. The second-order valence-corrected chi connectivity index (χ2v) is 3.57. The van der Waals surface area contributed by atoms with Gasteiger partial charge in [-0.15, -0.1) is 0 Å². The molecule has 14 heavy (non-hydrogen) atoms. The molecule has 0 aromatic heterocycles. The van der Waals surface area contributed by atoms with Crippen molar-refractivity contribution in [1.29, 1.82) is 0 Å². The van der Waals surface area contributed by atoms with Crippen molar-refractivity contribution in [3.05, 3.63) is 34.9 Å². The van der Waals surface area contributed by atoms with Crippen LogP contribution in [0, 0.1) is 13.8 Å². The van der Waals surface area contributed by atoms with E-state index in [0.717, 1.165) is 11.1 Å². The van der Waals surface area contributed by atoms with Crippen molar-refractivity contribution in [2.75, 3.05) is 7.05 Å². The SMILES string of the molecule is Cc1ccc(CN(C)C(=O)O)c(C)c1. The van der Waals surface area contributed by atoms with Gasteiger partial charge in [0.1, 0.15) is 0 Å². The number of benzene rings is 1. The molecule has 1 amide bonds. The summed E-state index contributed by atoms with van der Waals surface area (Å²) in [5.74, 6) is 0. The fourth-order valence-electron chi connectivity index (χ4n) is 1.35. The van der Waals surface area contributed by atoms with Crippen LogP contribution in [0.25, 0.3) is 0 Å². The highest BCUT2D eigenvalue weighted by molar-refractivity contribution is 5.64. The Morgan fingerprint density at radius 1 is 1.43 bits per heavy atom. The van der Waals surface area contributed by atoms with Crippen molar-refractivity contribution in [3.63, 3.8) is 0 Å². The lowest BCUT2D eigenvalue weighted by Crippen LogP contribution is -2.24. The van der Waals surface area contributed by atoms with Gasteiger partial charge in [-0.1, -0.05) is 23.8 Å². The largest absolute Gasteiger partial charge is 0.465 e. The standard InChI is InChI=1S/C11H15NO2/c1-8-4-5-10(9(2)6-8)7-12(3)11(13)14/h4-6H,7H2,1-3H3,(H,13,14). The van der Waals surface area contributed by atoms with E-state index in [0.29, 0.717) is 6.54 Å². The molecular formula is C11H15NO2. The van der Waals surface area contributed by atoms with Crippen LogP contribution in [0.1, 0.15) is 16.7 Å². The van der Waals surface area contributed by atoms with E-state index in [-0.39, 0.29) is 0 Å². The number of rotatable bonds is 2. The first-order valence-corrected chi connectivity index (χ1v) is 4.51. The fourth-order valence-corrected chi connectivity index (χ4v) is 1.35. The molecule has 1 aromatic carbocycles. The van der Waals surface area contributed by atoms with E-state index in [1.807, 2.05) is 26.0 Å². The quantitative estimate of drug-likeness (QED) is 0.783.